The summed E-state index contributed by atoms with van der Waals surface area (Å²) in [5, 5.41) is 3.10. The number of benzene rings is 2. The predicted octanol–water partition coefficient (Wildman–Crippen LogP) is 10.3. The summed E-state index contributed by atoms with van der Waals surface area (Å²) in [6.07, 6.45) is 23.7. The molecule has 4 nitrogen and oxygen atoms in total. The molecule has 0 saturated heterocycles. The van der Waals surface area contributed by atoms with Gasteiger partial charge in [0.15, 0.2) is 0 Å². The molecular weight excluding hydrogens is 502 g/mol. The van der Waals surface area contributed by atoms with E-state index in [2.05, 4.69) is 54.1 Å². The zero-order chi connectivity index (χ0) is 29.1. The molecule has 0 atom stereocenters. The Kier molecular flexibility index (Phi) is 15.6. The van der Waals surface area contributed by atoms with Crippen LogP contribution in [0.15, 0.2) is 42.5 Å². The first-order chi connectivity index (χ1) is 20.1. The normalized spacial score (nSPS) is 11.4. The third kappa shape index (κ3) is 12.0. The average Bonchev–Trinajstić information content (AvgIpc) is 3.32. The largest absolute Gasteiger partial charge is 0.352 e. The van der Waals surface area contributed by atoms with Crippen molar-refractivity contribution in [3.05, 3.63) is 65.0 Å². The van der Waals surface area contributed by atoms with Gasteiger partial charge in [0, 0.05) is 25.1 Å². The number of aromatic nitrogens is 2. The van der Waals surface area contributed by atoms with Gasteiger partial charge in [-0.2, -0.15) is 0 Å². The van der Waals surface area contributed by atoms with E-state index in [4.69, 9.17) is 4.98 Å². The van der Waals surface area contributed by atoms with Gasteiger partial charge in [0.25, 0.3) is 5.91 Å². The Hall–Kier alpha value is -2.62. The van der Waals surface area contributed by atoms with Gasteiger partial charge in [-0.15, -0.1) is 0 Å². The van der Waals surface area contributed by atoms with Crippen LogP contribution in [0.2, 0.25) is 0 Å². The zero-order valence-corrected chi connectivity index (χ0v) is 26.5. The number of fused-ring (bicyclic) bond motifs is 1. The molecule has 3 aromatic rings. The minimum atomic E-state index is 0.0393. The SMILES string of the molecule is CCCCCCCCCCCCCCCCn1c(CCCCCNC(=O)c2ccc(C)cc2C)nc2ccccc21. The standard InChI is InChI=1S/C37H57N3O/c1-4-5-6-7-8-9-10-11-12-13-14-15-16-22-29-40-35-24-20-19-23-34(35)39-36(40)25-18-17-21-28-38-37(41)33-27-26-31(2)30-32(33)3/h19-20,23-24,26-27,30H,4-18,21-22,25,28-29H2,1-3H3,(H,38,41). The molecule has 0 radical (unpaired) electrons. The smallest absolute Gasteiger partial charge is 0.251 e. The Morgan fingerprint density at radius 3 is 2.00 bits per heavy atom. The predicted molar refractivity (Wildman–Crippen MR) is 176 cm³/mol. The maximum absolute atomic E-state index is 12.5. The lowest BCUT2D eigenvalue weighted by Crippen LogP contribution is -2.25. The Morgan fingerprint density at radius 1 is 0.732 bits per heavy atom. The van der Waals surface area contributed by atoms with E-state index in [1.54, 1.807) is 0 Å². The summed E-state index contributed by atoms with van der Waals surface area (Å²) in [7, 11) is 0. The third-order valence-electron chi connectivity index (χ3n) is 8.46. The fourth-order valence-corrected chi connectivity index (χ4v) is 5.98. The van der Waals surface area contributed by atoms with Gasteiger partial charge in [0.1, 0.15) is 5.82 Å². The van der Waals surface area contributed by atoms with Crippen LogP contribution >= 0.6 is 0 Å². The quantitative estimate of drug-likeness (QED) is 0.124. The molecule has 41 heavy (non-hydrogen) atoms. The molecule has 2 aromatic carbocycles. The molecule has 1 heterocycles. The molecule has 0 aliphatic heterocycles. The fraction of sp³-hybridized carbons (Fsp3) is 0.622. The van der Waals surface area contributed by atoms with Crippen LogP contribution in [-0.4, -0.2) is 22.0 Å². The molecule has 0 saturated carbocycles. The second-order valence-corrected chi connectivity index (χ2v) is 12.1. The van der Waals surface area contributed by atoms with E-state index >= 15 is 0 Å². The molecule has 226 valence electrons. The first-order valence-corrected chi connectivity index (χ1v) is 16.9. The lowest BCUT2D eigenvalue weighted by Gasteiger charge is -2.10. The van der Waals surface area contributed by atoms with Crippen molar-refractivity contribution < 1.29 is 4.79 Å². The minimum absolute atomic E-state index is 0.0393. The third-order valence-corrected chi connectivity index (χ3v) is 8.46. The molecule has 0 unspecified atom stereocenters. The number of nitrogens with zero attached hydrogens (tertiary/aromatic N) is 2. The number of carbonyl (C=O) groups is 1. The molecule has 1 aromatic heterocycles. The van der Waals surface area contributed by atoms with Crippen LogP contribution in [0.4, 0.5) is 0 Å². The molecule has 1 N–H and O–H groups in total. The molecule has 0 aliphatic carbocycles. The van der Waals surface area contributed by atoms with Gasteiger partial charge in [-0.25, -0.2) is 4.98 Å². The van der Waals surface area contributed by atoms with Crippen LogP contribution in [0.1, 0.15) is 143 Å². The number of hydrogen-bond acceptors (Lipinski definition) is 2. The van der Waals surface area contributed by atoms with Crippen molar-refractivity contribution in [3.8, 4) is 0 Å². The molecule has 3 rings (SSSR count). The molecular formula is C37H57N3O. The first-order valence-electron chi connectivity index (χ1n) is 16.9. The lowest BCUT2D eigenvalue weighted by molar-refractivity contribution is 0.0952. The van der Waals surface area contributed by atoms with E-state index in [0.717, 1.165) is 55.4 Å². The Morgan fingerprint density at radius 2 is 1.34 bits per heavy atom. The van der Waals surface area contributed by atoms with E-state index in [1.807, 2.05) is 19.1 Å². The highest BCUT2D eigenvalue weighted by molar-refractivity contribution is 5.95. The summed E-state index contributed by atoms with van der Waals surface area (Å²) in [6.45, 7) is 8.15. The van der Waals surface area contributed by atoms with Gasteiger partial charge in [-0.3, -0.25) is 4.79 Å². The van der Waals surface area contributed by atoms with Crippen LogP contribution < -0.4 is 5.32 Å². The van der Waals surface area contributed by atoms with Crippen molar-refractivity contribution in [2.45, 2.75) is 143 Å². The Labute approximate surface area is 250 Å². The maximum Gasteiger partial charge on any atom is 0.251 e. The van der Waals surface area contributed by atoms with Crippen molar-refractivity contribution in [1.29, 1.82) is 0 Å². The van der Waals surface area contributed by atoms with Crippen molar-refractivity contribution in [2.75, 3.05) is 6.54 Å². The number of rotatable bonds is 22. The summed E-state index contributed by atoms with van der Waals surface area (Å²) in [4.78, 5) is 17.5. The summed E-state index contributed by atoms with van der Waals surface area (Å²) >= 11 is 0. The topological polar surface area (TPSA) is 46.9 Å². The van der Waals surface area contributed by atoms with E-state index in [1.165, 1.54) is 107 Å². The van der Waals surface area contributed by atoms with E-state index in [9.17, 15) is 4.79 Å². The average molecular weight is 560 g/mol. The number of carbonyl (C=O) groups excluding carboxylic acids is 1. The lowest BCUT2D eigenvalue weighted by atomic mass is 10.0. The molecule has 1 amide bonds. The number of amides is 1. The number of aryl methyl sites for hydroxylation is 4. The van der Waals surface area contributed by atoms with Gasteiger partial charge >= 0.3 is 0 Å². The zero-order valence-electron chi connectivity index (χ0n) is 26.5. The highest BCUT2D eigenvalue weighted by Crippen LogP contribution is 2.20. The van der Waals surface area contributed by atoms with Crippen molar-refractivity contribution in [2.24, 2.45) is 0 Å². The highest BCUT2D eigenvalue weighted by Gasteiger charge is 2.11. The van der Waals surface area contributed by atoms with Crippen LogP contribution in [0.5, 0.6) is 0 Å². The Bertz CT molecular complexity index is 1150. The highest BCUT2D eigenvalue weighted by atomic mass is 16.1. The van der Waals surface area contributed by atoms with Crippen LogP contribution in [0, 0.1) is 13.8 Å². The van der Waals surface area contributed by atoms with E-state index in [0.29, 0.717) is 0 Å². The number of hydrogen-bond donors (Lipinski definition) is 1. The number of nitrogens with one attached hydrogen (secondary N) is 1. The first kappa shape index (κ1) is 32.9. The maximum atomic E-state index is 12.5. The minimum Gasteiger partial charge on any atom is -0.352 e. The second kappa shape index (κ2) is 19.5. The van der Waals surface area contributed by atoms with Crippen molar-refractivity contribution in [1.82, 2.24) is 14.9 Å². The van der Waals surface area contributed by atoms with Crippen LogP contribution in [-0.2, 0) is 13.0 Å². The van der Waals surface area contributed by atoms with E-state index < -0.39 is 0 Å². The summed E-state index contributed by atoms with van der Waals surface area (Å²) in [6, 6.07) is 14.6. The van der Waals surface area contributed by atoms with Gasteiger partial charge in [-0.1, -0.05) is 127 Å². The summed E-state index contributed by atoms with van der Waals surface area (Å²) in [5.74, 6) is 1.26. The van der Waals surface area contributed by atoms with Crippen LogP contribution in [0.25, 0.3) is 11.0 Å². The fourth-order valence-electron chi connectivity index (χ4n) is 5.98. The molecule has 0 aliphatic rings. The van der Waals surface area contributed by atoms with Crippen LogP contribution in [0.3, 0.4) is 0 Å². The summed E-state index contributed by atoms with van der Waals surface area (Å²) < 4.78 is 2.47. The summed E-state index contributed by atoms with van der Waals surface area (Å²) in [5.41, 5.74) is 5.41. The number of para-hydroxylation sites is 2. The number of unbranched alkanes of at least 4 members (excludes halogenated alkanes) is 15. The van der Waals surface area contributed by atoms with Gasteiger partial charge in [0.2, 0.25) is 0 Å². The Balaban J connectivity index is 1.29. The molecule has 4 heteroatoms. The second-order valence-electron chi connectivity index (χ2n) is 12.1. The van der Waals surface area contributed by atoms with Gasteiger partial charge < -0.3 is 9.88 Å². The number of imidazole rings is 1. The van der Waals surface area contributed by atoms with Gasteiger partial charge in [0.05, 0.1) is 11.0 Å². The molecule has 0 bridgehead atoms. The molecule has 0 fully saturated rings. The van der Waals surface area contributed by atoms with Gasteiger partial charge in [-0.05, 0) is 56.9 Å². The molecule has 0 spiro atoms. The monoisotopic (exact) mass is 559 g/mol. The van der Waals surface area contributed by atoms with Crippen molar-refractivity contribution in [3.63, 3.8) is 0 Å². The van der Waals surface area contributed by atoms with Crippen molar-refractivity contribution >= 4 is 16.9 Å². The van der Waals surface area contributed by atoms with E-state index in [-0.39, 0.29) is 5.91 Å².